The predicted octanol–water partition coefficient (Wildman–Crippen LogP) is 3.65. The number of aliphatic hydroxyl groups excluding tert-OH is 1. The van der Waals surface area contributed by atoms with Crippen LogP contribution in [0.25, 0.3) is 0 Å². The van der Waals surface area contributed by atoms with Gasteiger partial charge in [0.15, 0.2) is 0 Å². The highest BCUT2D eigenvalue weighted by atomic mass is 19.1. The van der Waals surface area contributed by atoms with E-state index >= 15 is 0 Å². The van der Waals surface area contributed by atoms with Gasteiger partial charge in [-0.15, -0.1) is 0 Å². The first-order chi connectivity index (χ1) is 14.6. The van der Waals surface area contributed by atoms with Crippen LogP contribution in [0.2, 0.25) is 0 Å². The topological polar surface area (TPSA) is 69.6 Å². The van der Waals surface area contributed by atoms with Gasteiger partial charge in [-0.25, -0.2) is 4.39 Å². The lowest BCUT2D eigenvalue weighted by atomic mass is 9.58. The Hall–Kier alpha value is -1.95. The van der Waals surface area contributed by atoms with E-state index in [1.807, 2.05) is 32.6 Å². The molecule has 1 aliphatic heterocycles. The maximum absolute atomic E-state index is 13.5. The Morgan fingerprint density at radius 3 is 2.32 bits per heavy atom. The minimum atomic E-state index is -0.558. The summed E-state index contributed by atoms with van der Waals surface area (Å²) in [6.45, 7) is 8.90. The van der Waals surface area contributed by atoms with Gasteiger partial charge in [-0.3, -0.25) is 9.59 Å². The van der Waals surface area contributed by atoms with E-state index in [1.165, 1.54) is 12.1 Å². The Balaban J connectivity index is 1.77. The number of amides is 2. The lowest BCUT2D eigenvalue weighted by Crippen LogP contribution is -2.61. The summed E-state index contributed by atoms with van der Waals surface area (Å²) in [4.78, 5) is 28.0. The van der Waals surface area contributed by atoms with Crippen LogP contribution in [-0.2, 0) is 15.0 Å². The predicted molar refractivity (Wildman–Crippen MR) is 119 cm³/mol. The molecule has 1 aromatic carbocycles. The van der Waals surface area contributed by atoms with Crippen LogP contribution in [0.1, 0.15) is 65.4 Å². The van der Waals surface area contributed by atoms with E-state index in [2.05, 4.69) is 5.32 Å². The molecule has 1 saturated carbocycles. The molecule has 172 valence electrons. The molecule has 1 unspecified atom stereocenters. The average Bonchev–Trinajstić information content (AvgIpc) is 3.26. The zero-order valence-corrected chi connectivity index (χ0v) is 19.3. The van der Waals surface area contributed by atoms with Crippen molar-refractivity contribution in [3.63, 3.8) is 0 Å². The second-order valence-electron chi connectivity index (χ2n) is 10.4. The fraction of sp³-hybridized carbons (Fsp3) is 0.680. The summed E-state index contributed by atoms with van der Waals surface area (Å²) in [7, 11) is 0. The molecule has 1 aliphatic carbocycles. The van der Waals surface area contributed by atoms with Crippen LogP contribution < -0.4 is 5.32 Å². The molecule has 0 bridgehead atoms. The number of nitrogens with one attached hydrogen (secondary N) is 1. The molecule has 3 rings (SSSR count). The number of piperidine rings is 1. The van der Waals surface area contributed by atoms with Crippen LogP contribution in [-0.4, -0.2) is 47.6 Å². The van der Waals surface area contributed by atoms with E-state index in [-0.39, 0.29) is 36.1 Å². The van der Waals surface area contributed by atoms with Gasteiger partial charge in [0.25, 0.3) is 0 Å². The second kappa shape index (κ2) is 9.27. The van der Waals surface area contributed by atoms with Crippen molar-refractivity contribution in [2.24, 2.45) is 17.3 Å². The summed E-state index contributed by atoms with van der Waals surface area (Å²) in [5.74, 6) is -0.355. The Morgan fingerprint density at radius 1 is 1.19 bits per heavy atom. The van der Waals surface area contributed by atoms with Crippen molar-refractivity contribution < 1.29 is 19.1 Å². The summed E-state index contributed by atoms with van der Waals surface area (Å²) in [6, 6.07) is 5.78. The van der Waals surface area contributed by atoms with Crippen LogP contribution in [0.15, 0.2) is 24.3 Å². The van der Waals surface area contributed by atoms with Crippen molar-refractivity contribution in [2.75, 3.05) is 19.7 Å². The third kappa shape index (κ3) is 4.64. The molecule has 6 heteroatoms. The lowest BCUT2D eigenvalue weighted by molar-refractivity contribution is -0.143. The molecular weight excluding hydrogens is 395 g/mol. The van der Waals surface area contributed by atoms with Crippen molar-refractivity contribution >= 4 is 11.8 Å². The fourth-order valence-electron chi connectivity index (χ4n) is 5.42. The summed E-state index contributed by atoms with van der Waals surface area (Å²) in [5, 5.41) is 13.4. The smallest absolute Gasteiger partial charge is 0.245 e. The number of aliphatic hydroxyl groups is 1. The Bertz CT molecular complexity index is 786. The zero-order valence-electron chi connectivity index (χ0n) is 19.3. The van der Waals surface area contributed by atoms with Crippen molar-refractivity contribution in [3.8, 4) is 0 Å². The van der Waals surface area contributed by atoms with Gasteiger partial charge >= 0.3 is 0 Å². The van der Waals surface area contributed by atoms with E-state index < -0.39 is 16.9 Å². The molecule has 1 heterocycles. The van der Waals surface area contributed by atoms with Gasteiger partial charge in [-0.1, -0.05) is 52.7 Å². The van der Waals surface area contributed by atoms with Gasteiger partial charge in [0.2, 0.25) is 11.8 Å². The quantitative estimate of drug-likeness (QED) is 0.721. The summed E-state index contributed by atoms with van der Waals surface area (Å²) in [5.41, 5.74) is -0.0917. The molecule has 0 spiro atoms. The molecule has 31 heavy (non-hydrogen) atoms. The van der Waals surface area contributed by atoms with E-state index in [4.69, 9.17) is 0 Å². The molecule has 0 aromatic heterocycles. The minimum Gasteiger partial charge on any atom is -0.395 e. The van der Waals surface area contributed by atoms with Gasteiger partial charge in [0.05, 0.1) is 6.61 Å². The zero-order chi connectivity index (χ0) is 22.8. The molecule has 5 nitrogen and oxygen atoms in total. The van der Waals surface area contributed by atoms with Crippen molar-refractivity contribution in [3.05, 3.63) is 35.6 Å². The molecule has 2 aliphatic rings. The largest absolute Gasteiger partial charge is 0.395 e. The van der Waals surface area contributed by atoms with Crippen LogP contribution in [0.5, 0.6) is 0 Å². The first kappa shape index (κ1) is 23.7. The Labute approximate surface area is 185 Å². The highest BCUT2D eigenvalue weighted by Gasteiger charge is 2.51. The summed E-state index contributed by atoms with van der Waals surface area (Å²) < 4.78 is 13.5. The molecule has 2 atom stereocenters. The van der Waals surface area contributed by atoms with E-state index in [0.29, 0.717) is 19.5 Å². The average molecular weight is 433 g/mol. The van der Waals surface area contributed by atoms with Gasteiger partial charge < -0.3 is 15.3 Å². The van der Waals surface area contributed by atoms with Gasteiger partial charge in [0.1, 0.15) is 11.9 Å². The molecule has 0 radical (unpaired) electrons. The number of benzene rings is 1. The monoisotopic (exact) mass is 432 g/mol. The number of nitrogens with zero attached hydrogens (tertiary/aromatic N) is 1. The van der Waals surface area contributed by atoms with Crippen LogP contribution in [0.4, 0.5) is 4.39 Å². The van der Waals surface area contributed by atoms with Crippen LogP contribution >= 0.6 is 0 Å². The van der Waals surface area contributed by atoms with Crippen molar-refractivity contribution in [1.82, 2.24) is 10.2 Å². The third-order valence-corrected chi connectivity index (χ3v) is 7.62. The SMILES string of the molecule is CC(C)[C@@H](NC(=O)C1CCCC1)C(=O)N1CCC(CO)(c2ccc(F)cc2)C(C)(C)C1. The maximum atomic E-state index is 13.5. The summed E-state index contributed by atoms with van der Waals surface area (Å²) in [6.07, 6.45) is 4.53. The summed E-state index contributed by atoms with van der Waals surface area (Å²) >= 11 is 0. The normalized spacial score (nSPS) is 24.9. The number of likely N-dealkylation sites (tertiary alicyclic amines) is 1. The van der Waals surface area contributed by atoms with Gasteiger partial charge in [-0.2, -0.15) is 0 Å². The maximum Gasteiger partial charge on any atom is 0.245 e. The number of hydrogen-bond acceptors (Lipinski definition) is 3. The molecule has 1 aromatic rings. The highest BCUT2D eigenvalue weighted by molar-refractivity contribution is 5.89. The van der Waals surface area contributed by atoms with Crippen molar-refractivity contribution in [1.29, 1.82) is 0 Å². The number of halogens is 1. The fourth-order valence-corrected chi connectivity index (χ4v) is 5.42. The standard InChI is InChI=1S/C25H37FN2O3/c1-17(2)21(27-22(30)18-7-5-6-8-18)23(31)28-14-13-25(16-29,24(3,4)15-28)19-9-11-20(26)12-10-19/h9-12,17-18,21,29H,5-8,13-16H2,1-4H3,(H,27,30)/t21-,25?/m1/s1. The number of rotatable bonds is 6. The number of carbonyl (C=O) groups excluding carboxylic acids is 2. The lowest BCUT2D eigenvalue weighted by Gasteiger charge is -2.53. The van der Waals surface area contributed by atoms with E-state index in [0.717, 1.165) is 31.2 Å². The number of hydrogen-bond donors (Lipinski definition) is 2. The molecule has 2 amide bonds. The molecule has 1 saturated heterocycles. The van der Waals surface area contributed by atoms with Gasteiger partial charge in [0, 0.05) is 24.4 Å². The Kier molecular flexibility index (Phi) is 7.09. The molecular formula is C25H37FN2O3. The van der Waals surface area contributed by atoms with E-state index in [9.17, 15) is 19.1 Å². The second-order valence-corrected chi connectivity index (χ2v) is 10.4. The minimum absolute atomic E-state index is 0.00293. The van der Waals surface area contributed by atoms with E-state index in [1.54, 1.807) is 12.1 Å². The first-order valence-electron chi connectivity index (χ1n) is 11.6. The highest BCUT2D eigenvalue weighted by Crippen LogP contribution is 2.48. The third-order valence-electron chi connectivity index (χ3n) is 7.62. The number of carbonyl (C=O) groups is 2. The molecule has 2 N–H and O–H groups in total. The van der Waals surface area contributed by atoms with Crippen LogP contribution in [0.3, 0.4) is 0 Å². The van der Waals surface area contributed by atoms with Crippen molar-refractivity contribution in [2.45, 2.75) is 71.3 Å². The Morgan fingerprint density at radius 2 is 1.81 bits per heavy atom. The molecule has 2 fully saturated rings. The van der Waals surface area contributed by atoms with Crippen LogP contribution in [0, 0.1) is 23.1 Å². The van der Waals surface area contributed by atoms with Gasteiger partial charge in [-0.05, 0) is 48.3 Å². The first-order valence-corrected chi connectivity index (χ1v) is 11.6.